The fourth-order valence-corrected chi connectivity index (χ4v) is 4.04. The Morgan fingerprint density at radius 3 is 2.77 bits per heavy atom. The maximum absolute atomic E-state index is 12.8. The molecule has 30 heavy (non-hydrogen) atoms. The third-order valence-electron chi connectivity index (χ3n) is 5.59. The molecule has 1 saturated carbocycles. The third kappa shape index (κ3) is 2.83. The van der Waals surface area contributed by atoms with Crippen LogP contribution in [0.25, 0.3) is 10.8 Å². The maximum Gasteiger partial charge on any atom is 0.366 e. The Hall–Kier alpha value is -3.68. The number of hydrogen-bond donors (Lipinski definition) is 0. The molecule has 1 aromatic heterocycles. The SMILES string of the molecule is CC(=O)C(=O)N(c1ccc2c(=O)onc(C)c2c1)C1CC1c1cccc2c1OCO2. The first-order valence-electron chi connectivity index (χ1n) is 9.58. The number of aryl methyl sites for hydroxylation is 1. The number of ether oxygens (including phenoxy) is 2. The molecular weight excluding hydrogens is 388 g/mol. The van der Waals surface area contributed by atoms with E-state index >= 15 is 0 Å². The Morgan fingerprint density at radius 2 is 1.97 bits per heavy atom. The van der Waals surface area contributed by atoms with Gasteiger partial charge in [0.1, 0.15) is 0 Å². The number of anilines is 1. The van der Waals surface area contributed by atoms with E-state index in [-0.39, 0.29) is 18.8 Å². The van der Waals surface area contributed by atoms with Crippen molar-refractivity contribution in [3.63, 3.8) is 0 Å². The van der Waals surface area contributed by atoms with E-state index in [4.69, 9.17) is 14.0 Å². The number of aromatic nitrogens is 1. The average molecular weight is 406 g/mol. The van der Waals surface area contributed by atoms with Crippen molar-refractivity contribution < 1.29 is 23.6 Å². The van der Waals surface area contributed by atoms with Crippen LogP contribution in [0.2, 0.25) is 0 Å². The number of benzene rings is 2. The van der Waals surface area contributed by atoms with Gasteiger partial charge >= 0.3 is 5.63 Å². The van der Waals surface area contributed by atoms with Gasteiger partial charge in [0.05, 0.1) is 11.1 Å². The lowest BCUT2D eigenvalue weighted by atomic mass is 10.1. The van der Waals surface area contributed by atoms with E-state index in [0.717, 1.165) is 5.56 Å². The highest BCUT2D eigenvalue weighted by atomic mass is 16.7. The van der Waals surface area contributed by atoms with E-state index < -0.39 is 17.3 Å². The first-order valence-corrected chi connectivity index (χ1v) is 9.58. The Bertz CT molecular complexity index is 1260. The van der Waals surface area contributed by atoms with Crippen LogP contribution < -0.4 is 20.0 Å². The summed E-state index contributed by atoms with van der Waals surface area (Å²) in [4.78, 5) is 38.3. The molecular formula is C22H18N2O6. The van der Waals surface area contributed by atoms with E-state index in [1.807, 2.05) is 18.2 Å². The normalized spacial score (nSPS) is 19.0. The second-order valence-electron chi connectivity index (χ2n) is 7.51. The van der Waals surface area contributed by atoms with Crippen LogP contribution >= 0.6 is 0 Å². The Balaban J connectivity index is 1.57. The molecule has 5 rings (SSSR count). The van der Waals surface area contributed by atoms with E-state index in [1.165, 1.54) is 11.8 Å². The zero-order valence-corrected chi connectivity index (χ0v) is 16.4. The number of hydrogen-bond acceptors (Lipinski definition) is 7. The van der Waals surface area contributed by atoms with Crippen molar-refractivity contribution in [2.24, 2.45) is 0 Å². The molecule has 152 valence electrons. The van der Waals surface area contributed by atoms with Crippen LogP contribution in [0.5, 0.6) is 11.5 Å². The van der Waals surface area contributed by atoms with Crippen LogP contribution in [-0.2, 0) is 9.59 Å². The van der Waals surface area contributed by atoms with Gasteiger partial charge in [-0.25, -0.2) is 4.79 Å². The van der Waals surface area contributed by atoms with Crippen LogP contribution in [0, 0.1) is 6.92 Å². The molecule has 0 bridgehead atoms. The lowest BCUT2D eigenvalue weighted by Gasteiger charge is -2.23. The summed E-state index contributed by atoms with van der Waals surface area (Å²) >= 11 is 0. The lowest BCUT2D eigenvalue weighted by molar-refractivity contribution is -0.135. The number of nitrogens with zero attached hydrogens (tertiary/aromatic N) is 2. The maximum atomic E-state index is 12.8. The van der Waals surface area contributed by atoms with E-state index in [1.54, 1.807) is 25.1 Å². The lowest BCUT2D eigenvalue weighted by Crippen LogP contribution is -2.38. The van der Waals surface area contributed by atoms with Crippen molar-refractivity contribution >= 4 is 28.2 Å². The molecule has 0 saturated heterocycles. The van der Waals surface area contributed by atoms with Crippen LogP contribution in [0.15, 0.2) is 45.7 Å². The van der Waals surface area contributed by atoms with Crippen molar-refractivity contribution in [1.29, 1.82) is 0 Å². The van der Waals surface area contributed by atoms with Gasteiger partial charge in [0.25, 0.3) is 5.91 Å². The number of fused-ring (bicyclic) bond motifs is 2. The summed E-state index contributed by atoms with van der Waals surface area (Å²) in [5, 5.41) is 4.72. The van der Waals surface area contributed by atoms with Crippen LogP contribution in [0.4, 0.5) is 5.69 Å². The van der Waals surface area contributed by atoms with Gasteiger partial charge in [-0.3, -0.25) is 9.59 Å². The topological polar surface area (TPSA) is 98.9 Å². The molecule has 3 aromatic rings. The van der Waals surface area contributed by atoms with E-state index in [2.05, 4.69) is 5.16 Å². The van der Waals surface area contributed by atoms with Gasteiger partial charge in [0, 0.05) is 35.5 Å². The molecule has 1 aliphatic heterocycles. The van der Waals surface area contributed by atoms with Crippen LogP contribution in [-0.4, -0.2) is 29.7 Å². The first-order chi connectivity index (χ1) is 14.5. The minimum atomic E-state index is -0.597. The summed E-state index contributed by atoms with van der Waals surface area (Å²) < 4.78 is 15.8. The molecule has 2 atom stereocenters. The van der Waals surface area contributed by atoms with Gasteiger partial charge in [-0.1, -0.05) is 17.3 Å². The number of rotatable bonds is 4. The summed E-state index contributed by atoms with van der Waals surface area (Å²) in [6.07, 6.45) is 0.686. The highest BCUT2D eigenvalue weighted by Gasteiger charge is 2.48. The Kier molecular flexibility index (Phi) is 4.09. The molecule has 2 heterocycles. The highest BCUT2D eigenvalue weighted by molar-refractivity contribution is 6.40. The zero-order valence-electron chi connectivity index (χ0n) is 16.4. The fourth-order valence-electron chi connectivity index (χ4n) is 4.04. The van der Waals surface area contributed by atoms with Crippen LogP contribution in [0.3, 0.4) is 0 Å². The summed E-state index contributed by atoms with van der Waals surface area (Å²) in [6.45, 7) is 3.14. The number of ketones is 1. The highest BCUT2D eigenvalue weighted by Crippen LogP contribution is 2.52. The molecule has 0 spiro atoms. The predicted octanol–water partition coefficient (Wildman–Crippen LogP) is 2.70. The number of carbonyl (C=O) groups excluding carboxylic acids is 2. The van der Waals surface area contributed by atoms with Crippen molar-refractivity contribution in [2.45, 2.75) is 32.2 Å². The molecule has 1 amide bonds. The second-order valence-corrected chi connectivity index (χ2v) is 7.51. The van der Waals surface area contributed by atoms with Gasteiger partial charge in [-0.05, 0) is 37.6 Å². The van der Waals surface area contributed by atoms with Gasteiger partial charge in [0.15, 0.2) is 11.5 Å². The van der Waals surface area contributed by atoms with Crippen molar-refractivity contribution in [3.8, 4) is 11.5 Å². The molecule has 1 aliphatic carbocycles. The molecule has 8 heteroatoms. The monoisotopic (exact) mass is 406 g/mol. The smallest absolute Gasteiger partial charge is 0.366 e. The van der Waals surface area contributed by atoms with Gasteiger partial charge in [0.2, 0.25) is 12.6 Å². The van der Waals surface area contributed by atoms with Crippen LogP contribution in [0.1, 0.15) is 30.5 Å². The van der Waals surface area contributed by atoms with Gasteiger partial charge in [-0.2, -0.15) is 0 Å². The Morgan fingerprint density at radius 1 is 1.13 bits per heavy atom. The Labute approximate surface area is 171 Å². The molecule has 2 aliphatic rings. The third-order valence-corrected chi connectivity index (χ3v) is 5.59. The number of carbonyl (C=O) groups is 2. The molecule has 1 fully saturated rings. The molecule has 0 radical (unpaired) electrons. The first kappa shape index (κ1) is 18.4. The number of para-hydroxylation sites is 1. The fraction of sp³-hybridized carbons (Fsp3) is 0.273. The minimum absolute atomic E-state index is 0.0145. The predicted molar refractivity (Wildman–Crippen MR) is 107 cm³/mol. The molecule has 2 aromatic carbocycles. The summed E-state index contributed by atoms with van der Waals surface area (Å²) in [6, 6.07) is 10.4. The average Bonchev–Trinajstić information content (AvgIpc) is 3.35. The van der Waals surface area contributed by atoms with Crippen molar-refractivity contribution in [3.05, 3.63) is 58.1 Å². The standard InChI is InChI=1S/C22H18N2O6/c1-11-16-8-13(6-7-15(16)22(27)30-23-11)24(21(26)12(2)25)18-9-17(18)14-4-3-5-19-20(14)29-10-28-19/h3-8,17-18H,9-10H2,1-2H3. The quantitative estimate of drug-likeness (QED) is 0.614. The van der Waals surface area contributed by atoms with E-state index in [9.17, 15) is 14.4 Å². The second kappa shape index (κ2) is 6.69. The summed E-state index contributed by atoms with van der Waals surface area (Å²) in [5.74, 6) is 0.236. The van der Waals surface area contributed by atoms with E-state index in [0.29, 0.717) is 40.1 Å². The van der Waals surface area contributed by atoms with Crippen molar-refractivity contribution in [2.75, 3.05) is 11.7 Å². The molecule has 8 nitrogen and oxygen atoms in total. The molecule has 0 N–H and O–H groups in total. The van der Waals surface area contributed by atoms with Crippen molar-refractivity contribution in [1.82, 2.24) is 5.16 Å². The zero-order chi connectivity index (χ0) is 21.0. The van der Waals surface area contributed by atoms with Gasteiger partial charge < -0.3 is 18.9 Å². The minimum Gasteiger partial charge on any atom is -0.454 e. The largest absolute Gasteiger partial charge is 0.454 e. The summed E-state index contributed by atoms with van der Waals surface area (Å²) in [5.41, 5.74) is 1.47. The molecule has 2 unspecified atom stereocenters. The number of amides is 1. The number of Topliss-reactive ketones (excluding diaryl/α,β-unsaturated/α-hetero) is 1. The summed E-state index contributed by atoms with van der Waals surface area (Å²) in [7, 11) is 0. The van der Waals surface area contributed by atoms with Gasteiger partial charge in [-0.15, -0.1) is 0 Å².